The summed E-state index contributed by atoms with van der Waals surface area (Å²) in [5.74, 6) is 2.02. The summed E-state index contributed by atoms with van der Waals surface area (Å²) in [6.07, 6.45) is 10.6. The van der Waals surface area contributed by atoms with Crippen LogP contribution in [0.2, 0.25) is 0 Å². The molecule has 1 aromatic rings. The molecule has 3 fully saturated rings. The minimum atomic E-state index is 0. The largest absolute Gasteiger partial charge is 0.468 e. The van der Waals surface area contributed by atoms with Crippen LogP contribution < -0.4 is 5.32 Å². The Labute approximate surface area is 203 Å². The van der Waals surface area contributed by atoms with Gasteiger partial charge in [0, 0.05) is 33.3 Å². The minimum Gasteiger partial charge on any atom is -0.468 e. The van der Waals surface area contributed by atoms with Crippen LogP contribution in [-0.2, 0) is 9.47 Å². The van der Waals surface area contributed by atoms with E-state index in [1.807, 2.05) is 13.1 Å². The van der Waals surface area contributed by atoms with Crippen LogP contribution in [0.15, 0.2) is 27.8 Å². The van der Waals surface area contributed by atoms with Crippen LogP contribution in [-0.4, -0.2) is 81.0 Å². The van der Waals surface area contributed by atoms with E-state index in [9.17, 15) is 0 Å². The smallest absolute Gasteiger partial charge is 0.193 e. The first-order chi connectivity index (χ1) is 14.8. The number of aliphatic imine (C=N–C) groups is 1. The van der Waals surface area contributed by atoms with Crippen molar-refractivity contribution in [2.75, 3.05) is 53.0 Å². The van der Waals surface area contributed by atoms with Gasteiger partial charge in [-0.3, -0.25) is 9.89 Å². The van der Waals surface area contributed by atoms with Crippen molar-refractivity contribution in [2.24, 2.45) is 4.99 Å². The summed E-state index contributed by atoms with van der Waals surface area (Å²) in [6.45, 7) is 6.69. The molecule has 3 saturated heterocycles. The molecule has 0 amide bonds. The number of nitrogens with one attached hydrogen (secondary N) is 1. The molecule has 2 atom stereocenters. The number of nitrogens with zero attached hydrogens (tertiary/aromatic N) is 3. The molecule has 0 aromatic carbocycles. The lowest BCUT2D eigenvalue weighted by Gasteiger charge is -2.36. The topological polar surface area (TPSA) is 62.5 Å². The van der Waals surface area contributed by atoms with Crippen molar-refractivity contribution < 1.29 is 13.9 Å². The second-order valence-corrected chi connectivity index (χ2v) is 8.71. The average Bonchev–Trinajstić information content (AvgIpc) is 3.52. The van der Waals surface area contributed by atoms with Crippen molar-refractivity contribution in [1.29, 1.82) is 0 Å². The van der Waals surface area contributed by atoms with E-state index >= 15 is 0 Å². The van der Waals surface area contributed by atoms with Crippen molar-refractivity contribution in [3.63, 3.8) is 0 Å². The van der Waals surface area contributed by atoms with Gasteiger partial charge in [-0.05, 0) is 70.2 Å². The molecule has 0 aliphatic carbocycles. The van der Waals surface area contributed by atoms with Crippen LogP contribution in [0.25, 0.3) is 0 Å². The number of furan rings is 1. The summed E-state index contributed by atoms with van der Waals surface area (Å²) in [4.78, 5) is 9.44. The maximum atomic E-state index is 6.17. The number of piperidine rings is 1. The zero-order valence-corrected chi connectivity index (χ0v) is 21.2. The van der Waals surface area contributed by atoms with E-state index in [1.54, 1.807) is 6.26 Å². The van der Waals surface area contributed by atoms with Crippen molar-refractivity contribution in [1.82, 2.24) is 15.1 Å². The Kier molecular flexibility index (Phi) is 10.4. The average molecular weight is 546 g/mol. The van der Waals surface area contributed by atoms with Crippen LogP contribution in [0.3, 0.4) is 0 Å². The second-order valence-electron chi connectivity index (χ2n) is 8.71. The summed E-state index contributed by atoms with van der Waals surface area (Å²) >= 11 is 0. The van der Waals surface area contributed by atoms with Crippen molar-refractivity contribution in [2.45, 2.75) is 63.2 Å². The van der Waals surface area contributed by atoms with E-state index in [2.05, 4.69) is 26.2 Å². The number of halogens is 1. The van der Waals surface area contributed by atoms with Crippen molar-refractivity contribution in [3.8, 4) is 0 Å². The molecule has 1 N–H and O–H groups in total. The third-order valence-electron chi connectivity index (χ3n) is 6.65. The van der Waals surface area contributed by atoms with Crippen LogP contribution >= 0.6 is 24.0 Å². The molecule has 1 aromatic heterocycles. The molecular formula is C23H39IN4O3. The molecule has 0 radical (unpaired) electrons. The van der Waals surface area contributed by atoms with Gasteiger partial charge in [-0.1, -0.05) is 0 Å². The number of rotatable bonds is 7. The first-order valence-corrected chi connectivity index (χ1v) is 11.8. The van der Waals surface area contributed by atoms with Gasteiger partial charge in [0.15, 0.2) is 5.96 Å². The highest BCUT2D eigenvalue weighted by Gasteiger charge is 2.28. The van der Waals surface area contributed by atoms with E-state index in [0.717, 1.165) is 76.9 Å². The Hall–Kier alpha value is -0.840. The molecule has 0 spiro atoms. The maximum absolute atomic E-state index is 6.17. The Bertz CT molecular complexity index is 637. The third kappa shape index (κ3) is 7.07. The van der Waals surface area contributed by atoms with Crippen LogP contribution in [0.4, 0.5) is 0 Å². The number of ether oxygens (including phenoxy) is 2. The number of likely N-dealkylation sites (tertiary alicyclic amines) is 2. The SMILES string of the molecule is CN=C(NCC(c1ccco1)N1CCCC1)N1CCC(OCC2CCCCO2)CC1.I. The van der Waals surface area contributed by atoms with E-state index in [0.29, 0.717) is 12.2 Å². The van der Waals surface area contributed by atoms with E-state index in [4.69, 9.17) is 13.9 Å². The highest BCUT2D eigenvalue weighted by molar-refractivity contribution is 14.0. The quantitative estimate of drug-likeness (QED) is 0.320. The first-order valence-electron chi connectivity index (χ1n) is 11.8. The fraction of sp³-hybridized carbons (Fsp3) is 0.783. The van der Waals surface area contributed by atoms with Gasteiger partial charge in [0.25, 0.3) is 0 Å². The van der Waals surface area contributed by atoms with Gasteiger partial charge in [0.1, 0.15) is 5.76 Å². The van der Waals surface area contributed by atoms with Gasteiger partial charge in [-0.2, -0.15) is 0 Å². The molecule has 8 heteroatoms. The molecular weight excluding hydrogens is 507 g/mol. The molecule has 3 aliphatic heterocycles. The molecule has 0 bridgehead atoms. The lowest BCUT2D eigenvalue weighted by Crippen LogP contribution is -2.49. The molecule has 0 saturated carbocycles. The highest BCUT2D eigenvalue weighted by Crippen LogP contribution is 2.25. The zero-order valence-electron chi connectivity index (χ0n) is 18.8. The molecule has 2 unspecified atom stereocenters. The minimum absolute atomic E-state index is 0. The van der Waals surface area contributed by atoms with Crippen molar-refractivity contribution >= 4 is 29.9 Å². The number of guanidine groups is 1. The fourth-order valence-electron chi connectivity index (χ4n) is 4.88. The summed E-state index contributed by atoms with van der Waals surface area (Å²) in [6, 6.07) is 4.33. The molecule has 3 aliphatic rings. The highest BCUT2D eigenvalue weighted by atomic mass is 127. The number of hydrogen-bond donors (Lipinski definition) is 1. The number of hydrogen-bond acceptors (Lipinski definition) is 5. The van der Waals surface area contributed by atoms with Gasteiger partial charge in [-0.25, -0.2) is 0 Å². The predicted octanol–water partition coefficient (Wildman–Crippen LogP) is 3.66. The monoisotopic (exact) mass is 546 g/mol. The summed E-state index contributed by atoms with van der Waals surface area (Å²) < 4.78 is 17.7. The lowest BCUT2D eigenvalue weighted by atomic mass is 10.1. The second kappa shape index (κ2) is 13.0. The summed E-state index contributed by atoms with van der Waals surface area (Å²) in [5.41, 5.74) is 0. The summed E-state index contributed by atoms with van der Waals surface area (Å²) in [5, 5.41) is 3.62. The van der Waals surface area contributed by atoms with E-state index in [1.165, 1.54) is 25.7 Å². The molecule has 4 rings (SSSR count). The van der Waals surface area contributed by atoms with Crippen molar-refractivity contribution in [3.05, 3.63) is 24.2 Å². The Morgan fingerprint density at radius 1 is 1.16 bits per heavy atom. The molecule has 4 heterocycles. The summed E-state index contributed by atoms with van der Waals surface area (Å²) in [7, 11) is 1.88. The standard InChI is InChI=1S/C23H38N4O3.HI/c1-24-23(25-17-21(22-8-6-16-29-22)26-11-3-4-12-26)27-13-9-19(10-14-27)30-18-20-7-2-5-15-28-20;/h6,8,16,19-21H,2-5,7,9-15,17-18H2,1H3,(H,24,25);1H. The molecule has 7 nitrogen and oxygen atoms in total. The predicted molar refractivity (Wildman–Crippen MR) is 133 cm³/mol. The van der Waals surface area contributed by atoms with Gasteiger partial charge < -0.3 is 24.1 Å². The van der Waals surface area contributed by atoms with E-state index < -0.39 is 0 Å². The molecule has 176 valence electrons. The van der Waals surface area contributed by atoms with Gasteiger partial charge in [0.05, 0.1) is 31.1 Å². The van der Waals surface area contributed by atoms with Gasteiger partial charge >= 0.3 is 0 Å². The maximum Gasteiger partial charge on any atom is 0.193 e. The zero-order chi connectivity index (χ0) is 20.6. The Morgan fingerprint density at radius 3 is 2.61 bits per heavy atom. The molecule has 31 heavy (non-hydrogen) atoms. The van der Waals surface area contributed by atoms with E-state index in [-0.39, 0.29) is 30.0 Å². The van der Waals surface area contributed by atoms with Crippen LogP contribution in [0.1, 0.15) is 56.7 Å². The third-order valence-corrected chi connectivity index (χ3v) is 6.65. The Morgan fingerprint density at radius 2 is 1.97 bits per heavy atom. The Balaban J connectivity index is 0.00000272. The van der Waals surface area contributed by atoms with Gasteiger partial charge in [-0.15, -0.1) is 24.0 Å². The van der Waals surface area contributed by atoms with Crippen LogP contribution in [0.5, 0.6) is 0 Å². The lowest BCUT2D eigenvalue weighted by molar-refractivity contribution is -0.0721. The van der Waals surface area contributed by atoms with Crippen LogP contribution in [0, 0.1) is 0 Å². The fourth-order valence-corrected chi connectivity index (χ4v) is 4.88. The van der Waals surface area contributed by atoms with Gasteiger partial charge in [0.2, 0.25) is 0 Å². The first kappa shape index (κ1) is 24.8. The normalized spacial score (nSPS) is 24.7.